The number of thiophene rings is 2. The summed E-state index contributed by atoms with van der Waals surface area (Å²) in [6.07, 6.45) is 6.13. The number of nitrogens with zero attached hydrogens (tertiary/aromatic N) is 1. The molecule has 2 fully saturated rings. The van der Waals surface area contributed by atoms with Crippen LogP contribution in [0.5, 0.6) is 0 Å². The van der Waals surface area contributed by atoms with Gasteiger partial charge in [-0.25, -0.2) is 0 Å². The molecule has 0 aliphatic carbocycles. The third kappa shape index (κ3) is 3.11. The summed E-state index contributed by atoms with van der Waals surface area (Å²) in [7, 11) is 4.81. The molecule has 0 spiro atoms. The Bertz CT molecular complexity index is 603. The van der Waals surface area contributed by atoms with E-state index in [1.165, 1.54) is 30.2 Å². The Balaban J connectivity index is 0.00000169. The van der Waals surface area contributed by atoms with Crippen LogP contribution in [0.25, 0.3) is 0 Å². The number of piperidine rings is 1. The lowest BCUT2D eigenvalue weighted by molar-refractivity contribution is -0.931. The second-order valence-corrected chi connectivity index (χ2v) is 9.50. The van der Waals surface area contributed by atoms with Crippen molar-refractivity contribution >= 4 is 22.7 Å². The van der Waals surface area contributed by atoms with Crippen LogP contribution in [0.15, 0.2) is 33.7 Å². The Morgan fingerprint density at radius 1 is 1.04 bits per heavy atom. The number of halogens is 1. The van der Waals surface area contributed by atoms with Crippen LogP contribution in [0.2, 0.25) is 0 Å². The molecule has 2 aliphatic rings. The zero-order chi connectivity index (χ0) is 16.1. The number of fused-ring (bicyclic) bond motifs is 2. The van der Waals surface area contributed by atoms with Gasteiger partial charge in [0.2, 0.25) is 0 Å². The molecule has 2 saturated heterocycles. The molecule has 2 aliphatic heterocycles. The summed E-state index contributed by atoms with van der Waals surface area (Å²) in [5.41, 5.74) is 1.35. The van der Waals surface area contributed by atoms with Crippen LogP contribution in [-0.2, 0) is 5.60 Å². The predicted octanol–water partition coefficient (Wildman–Crippen LogP) is 1.46. The van der Waals surface area contributed by atoms with Crippen molar-refractivity contribution in [2.24, 2.45) is 5.92 Å². The Labute approximate surface area is 170 Å². The first-order chi connectivity index (χ1) is 11.0. The molecule has 4 rings (SSSR count). The van der Waals surface area contributed by atoms with Crippen LogP contribution in [0.3, 0.4) is 0 Å². The summed E-state index contributed by atoms with van der Waals surface area (Å²) in [6.45, 7) is 0. The zero-order valence-corrected chi connectivity index (χ0v) is 18.1. The smallest absolute Gasteiger partial charge is 0.116 e. The molecular formula is C19H26INOS2. The van der Waals surface area contributed by atoms with Gasteiger partial charge >= 0.3 is 0 Å². The third-order valence-corrected chi connectivity index (χ3v) is 7.87. The molecule has 4 heterocycles. The number of quaternary nitrogens is 1. The molecule has 2 aromatic rings. The number of aliphatic hydroxyl groups is 1. The molecule has 2 nitrogen and oxygen atoms in total. The molecule has 1 N–H and O–H groups in total. The van der Waals surface area contributed by atoms with E-state index in [0.29, 0.717) is 5.92 Å². The van der Waals surface area contributed by atoms with E-state index in [1.807, 2.05) is 0 Å². The van der Waals surface area contributed by atoms with Crippen molar-refractivity contribution in [3.05, 3.63) is 44.8 Å². The van der Waals surface area contributed by atoms with Crippen LogP contribution in [-0.4, -0.2) is 35.8 Å². The monoisotopic (exact) mass is 475 g/mol. The second kappa shape index (κ2) is 6.99. The van der Waals surface area contributed by atoms with Crippen molar-refractivity contribution in [1.82, 2.24) is 0 Å². The quantitative estimate of drug-likeness (QED) is 0.525. The highest BCUT2D eigenvalue weighted by molar-refractivity contribution is 7.08. The highest BCUT2D eigenvalue weighted by atomic mass is 127. The normalized spacial score (nSPS) is 28.5. The highest BCUT2D eigenvalue weighted by Crippen LogP contribution is 2.47. The lowest BCUT2D eigenvalue weighted by Gasteiger charge is -2.45. The lowest BCUT2D eigenvalue weighted by Crippen LogP contribution is -3.00. The zero-order valence-electron chi connectivity index (χ0n) is 14.3. The summed E-state index contributed by atoms with van der Waals surface area (Å²) in [6, 6.07) is 5.76. The summed E-state index contributed by atoms with van der Waals surface area (Å²) in [5, 5.41) is 20.0. The fourth-order valence-corrected chi connectivity index (χ4v) is 6.43. The van der Waals surface area contributed by atoms with Gasteiger partial charge in [0.15, 0.2) is 0 Å². The van der Waals surface area contributed by atoms with Gasteiger partial charge in [-0.1, -0.05) is 0 Å². The predicted molar refractivity (Wildman–Crippen MR) is 97.9 cm³/mol. The Hall–Kier alpha value is 0.0500. The maximum Gasteiger partial charge on any atom is 0.116 e. The van der Waals surface area contributed by atoms with Crippen molar-refractivity contribution in [2.45, 2.75) is 49.8 Å². The van der Waals surface area contributed by atoms with E-state index in [0.717, 1.165) is 29.6 Å². The van der Waals surface area contributed by atoms with Crippen molar-refractivity contribution in [3.63, 3.8) is 0 Å². The van der Waals surface area contributed by atoms with E-state index in [2.05, 4.69) is 47.7 Å². The highest BCUT2D eigenvalue weighted by Gasteiger charge is 2.50. The number of hydrogen-bond acceptors (Lipinski definition) is 3. The molecule has 5 heteroatoms. The van der Waals surface area contributed by atoms with Crippen LogP contribution in [0.4, 0.5) is 0 Å². The van der Waals surface area contributed by atoms with Gasteiger partial charge in [0.1, 0.15) is 5.60 Å². The number of rotatable bonds is 4. The molecule has 0 unspecified atom stereocenters. The summed E-state index contributed by atoms with van der Waals surface area (Å²) >= 11 is 3.36. The molecule has 2 aromatic heterocycles. The van der Waals surface area contributed by atoms with Crippen LogP contribution in [0, 0.1) is 5.92 Å². The van der Waals surface area contributed by atoms with Crippen LogP contribution >= 0.6 is 22.7 Å². The minimum atomic E-state index is -0.807. The van der Waals surface area contributed by atoms with E-state index in [9.17, 15) is 5.11 Å². The average molecular weight is 475 g/mol. The Morgan fingerprint density at radius 2 is 1.54 bits per heavy atom. The van der Waals surface area contributed by atoms with Crippen molar-refractivity contribution in [2.75, 3.05) is 14.1 Å². The summed E-state index contributed by atoms with van der Waals surface area (Å²) in [5.74, 6) is 0.628. The van der Waals surface area contributed by atoms with E-state index in [-0.39, 0.29) is 24.0 Å². The van der Waals surface area contributed by atoms with Gasteiger partial charge in [-0.05, 0) is 57.1 Å². The van der Waals surface area contributed by atoms with Gasteiger partial charge in [0.25, 0.3) is 0 Å². The molecule has 2 bridgehead atoms. The molecular weight excluding hydrogens is 449 g/mol. The molecule has 0 amide bonds. The third-order valence-electron chi connectivity index (χ3n) is 6.51. The molecule has 132 valence electrons. The van der Waals surface area contributed by atoms with Gasteiger partial charge in [-0.2, -0.15) is 22.7 Å². The Morgan fingerprint density at radius 3 is 1.96 bits per heavy atom. The fourth-order valence-electron chi connectivity index (χ4n) is 4.98. The first-order valence-corrected chi connectivity index (χ1v) is 10.5. The van der Waals surface area contributed by atoms with Gasteiger partial charge in [-0.3, -0.25) is 0 Å². The molecule has 0 radical (unpaired) electrons. The molecule has 24 heavy (non-hydrogen) atoms. The van der Waals surface area contributed by atoms with Crippen LogP contribution < -0.4 is 24.0 Å². The first kappa shape index (κ1) is 18.8. The van der Waals surface area contributed by atoms with E-state index >= 15 is 0 Å². The first-order valence-electron chi connectivity index (χ1n) is 8.61. The average Bonchev–Trinajstić information content (AvgIpc) is 3.22. The van der Waals surface area contributed by atoms with Crippen molar-refractivity contribution in [1.29, 1.82) is 0 Å². The van der Waals surface area contributed by atoms with Crippen LogP contribution in [0.1, 0.15) is 43.2 Å². The summed E-state index contributed by atoms with van der Waals surface area (Å²) < 4.78 is 1.20. The van der Waals surface area contributed by atoms with E-state index in [1.54, 1.807) is 22.7 Å². The molecule has 0 saturated carbocycles. The lowest BCUT2D eigenvalue weighted by atomic mass is 9.76. The topological polar surface area (TPSA) is 20.2 Å². The maximum absolute atomic E-state index is 11.6. The van der Waals surface area contributed by atoms with Gasteiger partial charge in [-0.15, -0.1) is 0 Å². The maximum atomic E-state index is 11.6. The Kier molecular flexibility index (Phi) is 5.48. The largest absolute Gasteiger partial charge is 1.00 e. The van der Waals surface area contributed by atoms with Gasteiger partial charge < -0.3 is 33.6 Å². The minimum absolute atomic E-state index is 0. The SMILES string of the molecule is C[N+]1(C)[C@H]2CC[C@H]1CC(CC(O)(c1ccsc1)c1ccsc1)C2.[I-]. The van der Waals surface area contributed by atoms with E-state index in [4.69, 9.17) is 0 Å². The molecule has 0 aromatic carbocycles. The van der Waals surface area contributed by atoms with E-state index < -0.39 is 5.60 Å². The number of hydrogen-bond donors (Lipinski definition) is 1. The van der Waals surface area contributed by atoms with Gasteiger partial charge in [0.05, 0.1) is 26.2 Å². The standard InChI is InChI=1S/C19H26NOS2.HI/c1-20(2)17-3-4-18(20)10-14(9-17)11-19(21,15-5-7-22-12-15)16-6-8-23-13-16;/h5-8,12-14,17-18,21H,3-4,9-11H2,1-2H3;1H/q+1;/p-1/t17-,18-;/m0./s1. The molecule has 2 atom stereocenters. The van der Waals surface area contributed by atoms with Crippen molar-refractivity contribution in [3.8, 4) is 0 Å². The minimum Gasteiger partial charge on any atom is -1.00 e. The fraction of sp³-hybridized carbons (Fsp3) is 0.579. The second-order valence-electron chi connectivity index (χ2n) is 7.94. The van der Waals surface area contributed by atoms with Gasteiger partial charge in [0, 0.05) is 25.7 Å². The summed E-state index contributed by atoms with van der Waals surface area (Å²) in [4.78, 5) is 0. The van der Waals surface area contributed by atoms with Crippen molar-refractivity contribution < 1.29 is 33.6 Å².